The van der Waals surface area contributed by atoms with Crippen molar-refractivity contribution in [1.82, 2.24) is 14.5 Å². The summed E-state index contributed by atoms with van der Waals surface area (Å²) in [7, 11) is -2.17. The zero-order valence-corrected chi connectivity index (χ0v) is 25.4. The molecule has 0 aliphatic heterocycles. The average Bonchev–Trinajstić information content (AvgIpc) is 2.99. The van der Waals surface area contributed by atoms with Crippen LogP contribution in [0.25, 0.3) is 0 Å². The molecule has 0 saturated heterocycles. The van der Waals surface area contributed by atoms with Crippen LogP contribution in [0.5, 0.6) is 5.75 Å². The van der Waals surface area contributed by atoms with Gasteiger partial charge >= 0.3 is 0 Å². The smallest absolute Gasteiger partial charge is 0.243 e. The van der Waals surface area contributed by atoms with E-state index in [1.807, 2.05) is 79.7 Å². The van der Waals surface area contributed by atoms with Crippen LogP contribution < -0.4 is 10.1 Å². The van der Waals surface area contributed by atoms with Crippen molar-refractivity contribution in [3.05, 3.63) is 102 Å². The second kappa shape index (κ2) is 16.6. The topological polar surface area (TPSA) is 105 Å². The minimum atomic E-state index is -3.75. The van der Waals surface area contributed by atoms with E-state index in [1.165, 1.54) is 4.90 Å². The van der Waals surface area contributed by atoms with E-state index in [4.69, 9.17) is 9.47 Å². The highest BCUT2D eigenvalue weighted by molar-refractivity contribution is 7.88. The molecule has 2 amide bonds. The van der Waals surface area contributed by atoms with Gasteiger partial charge in [0.15, 0.2) is 0 Å². The van der Waals surface area contributed by atoms with Crippen LogP contribution >= 0.6 is 0 Å². The highest BCUT2D eigenvalue weighted by atomic mass is 32.2. The maximum Gasteiger partial charge on any atom is 0.243 e. The van der Waals surface area contributed by atoms with Gasteiger partial charge in [-0.25, -0.2) is 8.42 Å². The van der Waals surface area contributed by atoms with Crippen molar-refractivity contribution in [2.75, 3.05) is 39.7 Å². The van der Waals surface area contributed by atoms with E-state index in [0.717, 1.165) is 27.3 Å². The first-order valence-corrected chi connectivity index (χ1v) is 15.9. The number of methoxy groups -OCH3 is 1. The van der Waals surface area contributed by atoms with Crippen molar-refractivity contribution in [2.45, 2.75) is 38.9 Å². The van der Waals surface area contributed by atoms with Gasteiger partial charge in [-0.15, -0.1) is 0 Å². The lowest BCUT2D eigenvalue weighted by molar-refractivity contribution is -0.141. The minimum Gasteiger partial charge on any atom is -0.497 e. The predicted molar refractivity (Wildman–Crippen MR) is 163 cm³/mol. The summed E-state index contributed by atoms with van der Waals surface area (Å²) in [5.41, 5.74) is 2.41. The van der Waals surface area contributed by atoms with Crippen molar-refractivity contribution in [1.29, 1.82) is 0 Å². The Balaban J connectivity index is 1.95. The lowest BCUT2D eigenvalue weighted by Gasteiger charge is -2.33. The van der Waals surface area contributed by atoms with Gasteiger partial charge in [-0.3, -0.25) is 9.59 Å². The number of ether oxygens (including phenoxy) is 2. The van der Waals surface area contributed by atoms with Gasteiger partial charge < -0.3 is 19.7 Å². The van der Waals surface area contributed by atoms with Crippen LogP contribution in [0, 0.1) is 0 Å². The second-order valence-corrected chi connectivity index (χ2v) is 11.9. The van der Waals surface area contributed by atoms with Gasteiger partial charge in [-0.05, 0) is 42.2 Å². The number of carbonyl (C=O) groups is 2. The molecule has 0 bridgehead atoms. The van der Waals surface area contributed by atoms with Gasteiger partial charge in [0.05, 0.1) is 19.9 Å². The van der Waals surface area contributed by atoms with Crippen LogP contribution in [-0.4, -0.2) is 75.1 Å². The molecule has 0 aromatic heterocycles. The number of hydrogen-bond donors (Lipinski definition) is 1. The molecule has 0 aliphatic carbocycles. The van der Waals surface area contributed by atoms with Crippen molar-refractivity contribution < 1.29 is 27.5 Å². The summed E-state index contributed by atoms with van der Waals surface area (Å²) in [5.74, 6) is -0.126. The Kier molecular flexibility index (Phi) is 13.0. The number of hydrogen-bond acceptors (Lipinski definition) is 6. The first-order valence-electron chi connectivity index (χ1n) is 14.0. The Morgan fingerprint density at radius 1 is 0.857 bits per heavy atom. The van der Waals surface area contributed by atoms with E-state index >= 15 is 0 Å². The Hall–Kier alpha value is -3.73. The quantitative estimate of drug-likeness (QED) is 0.239. The molecule has 226 valence electrons. The molecule has 9 nitrogen and oxygen atoms in total. The summed E-state index contributed by atoms with van der Waals surface area (Å²) >= 11 is 0. The van der Waals surface area contributed by atoms with Crippen molar-refractivity contribution in [3.8, 4) is 5.75 Å². The zero-order valence-electron chi connectivity index (χ0n) is 24.6. The monoisotopic (exact) mass is 595 g/mol. The van der Waals surface area contributed by atoms with Gasteiger partial charge in [-0.1, -0.05) is 72.8 Å². The van der Waals surface area contributed by atoms with Crippen molar-refractivity contribution in [3.63, 3.8) is 0 Å². The lowest BCUT2D eigenvalue weighted by atomic mass is 10.0. The van der Waals surface area contributed by atoms with E-state index in [1.54, 1.807) is 19.2 Å². The molecule has 0 aliphatic rings. The van der Waals surface area contributed by atoms with E-state index in [0.29, 0.717) is 31.9 Å². The van der Waals surface area contributed by atoms with Crippen molar-refractivity contribution in [2.24, 2.45) is 0 Å². The van der Waals surface area contributed by atoms with Gasteiger partial charge in [0.1, 0.15) is 11.8 Å². The van der Waals surface area contributed by atoms with Gasteiger partial charge in [-0.2, -0.15) is 4.31 Å². The molecule has 0 spiro atoms. The fourth-order valence-corrected chi connectivity index (χ4v) is 5.18. The Morgan fingerprint density at radius 2 is 1.45 bits per heavy atom. The molecule has 3 rings (SSSR count). The number of benzene rings is 3. The molecule has 1 N–H and O–H groups in total. The summed E-state index contributed by atoms with van der Waals surface area (Å²) in [6.45, 7) is 3.13. The molecule has 3 aromatic rings. The molecule has 42 heavy (non-hydrogen) atoms. The molecule has 0 radical (unpaired) electrons. The van der Waals surface area contributed by atoms with Gasteiger partial charge in [0.2, 0.25) is 21.8 Å². The van der Waals surface area contributed by atoms with Crippen LogP contribution in [0.2, 0.25) is 0 Å². The highest BCUT2D eigenvalue weighted by Gasteiger charge is 2.32. The number of nitrogens with zero attached hydrogens (tertiary/aromatic N) is 2. The molecular formula is C32H41N3O6S. The maximum atomic E-state index is 14.1. The summed E-state index contributed by atoms with van der Waals surface area (Å²) in [6, 6.07) is 24.9. The third-order valence-corrected chi connectivity index (χ3v) is 7.93. The van der Waals surface area contributed by atoms with Crippen LogP contribution in [0.3, 0.4) is 0 Å². The maximum absolute atomic E-state index is 14.1. The Bertz CT molecular complexity index is 1350. The minimum absolute atomic E-state index is 0.0365. The molecule has 10 heteroatoms. The normalized spacial score (nSPS) is 12.1. The van der Waals surface area contributed by atoms with Gasteiger partial charge in [0.25, 0.3) is 0 Å². The standard InChI is InChI=1S/C32H41N3O6S/c1-4-41-21-11-20-33-32(37)30(22-26-12-7-5-8-13-26)35(24-28-16-18-29(40-2)19-17-28)31(36)25-34(42(3,38)39)23-27-14-9-6-10-15-27/h5-10,12-19,30H,4,11,20-25H2,1-3H3,(H,33,37)/t30-/m0/s1. The summed E-state index contributed by atoms with van der Waals surface area (Å²) < 4.78 is 37.4. The summed E-state index contributed by atoms with van der Waals surface area (Å²) in [6.07, 6.45) is 1.98. The SMILES string of the molecule is CCOCCCNC(=O)[C@H](Cc1ccccc1)N(Cc1ccc(OC)cc1)C(=O)CN(Cc1ccccc1)S(C)(=O)=O. The first-order chi connectivity index (χ1) is 20.2. The van der Waals surface area contributed by atoms with Crippen LogP contribution in [0.15, 0.2) is 84.9 Å². The van der Waals surface area contributed by atoms with Gasteiger partial charge in [0, 0.05) is 39.3 Å². The van der Waals surface area contributed by atoms with Crippen LogP contribution in [0.1, 0.15) is 30.0 Å². The molecule has 1 atom stereocenters. The van der Waals surface area contributed by atoms with E-state index in [2.05, 4.69) is 5.32 Å². The Labute approximate surface area is 249 Å². The lowest BCUT2D eigenvalue weighted by Crippen LogP contribution is -2.53. The highest BCUT2D eigenvalue weighted by Crippen LogP contribution is 2.19. The first kappa shape index (κ1) is 32.8. The number of nitrogens with one attached hydrogen (secondary N) is 1. The molecule has 3 aromatic carbocycles. The zero-order chi connectivity index (χ0) is 30.4. The summed E-state index contributed by atoms with van der Waals surface area (Å²) in [5, 5.41) is 2.96. The second-order valence-electron chi connectivity index (χ2n) is 9.93. The Morgan fingerprint density at radius 3 is 2.02 bits per heavy atom. The predicted octanol–water partition coefficient (Wildman–Crippen LogP) is 3.64. The average molecular weight is 596 g/mol. The van der Waals surface area contributed by atoms with Crippen LogP contribution in [-0.2, 0) is 43.9 Å². The number of carbonyl (C=O) groups excluding carboxylic acids is 2. The molecule has 0 fully saturated rings. The van der Waals surface area contributed by atoms with E-state index in [-0.39, 0.29) is 25.4 Å². The molecular weight excluding hydrogens is 554 g/mol. The largest absolute Gasteiger partial charge is 0.497 e. The molecule has 0 saturated carbocycles. The van der Waals surface area contributed by atoms with Crippen LogP contribution in [0.4, 0.5) is 0 Å². The fourth-order valence-electron chi connectivity index (χ4n) is 4.45. The van der Waals surface area contributed by atoms with E-state index in [9.17, 15) is 18.0 Å². The third-order valence-electron chi connectivity index (χ3n) is 6.73. The fraction of sp³-hybridized carbons (Fsp3) is 0.375. The molecule has 0 heterocycles. The molecule has 0 unspecified atom stereocenters. The number of sulfonamides is 1. The summed E-state index contributed by atoms with van der Waals surface area (Å²) in [4.78, 5) is 29.2. The van der Waals surface area contributed by atoms with E-state index < -0.39 is 28.5 Å². The number of amides is 2. The third kappa shape index (κ3) is 10.6. The van der Waals surface area contributed by atoms with Crippen molar-refractivity contribution >= 4 is 21.8 Å². The number of rotatable bonds is 17.